The molecule has 2 N–H and O–H groups in total. The molecule has 0 unspecified atom stereocenters. The number of thiazole rings is 1. The Morgan fingerprint density at radius 2 is 1.85 bits per heavy atom. The summed E-state index contributed by atoms with van der Waals surface area (Å²) in [6.45, 7) is 4.22. The van der Waals surface area contributed by atoms with Crippen LogP contribution in [0.3, 0.4) is 0 Å². The number of rotatable bonds is 11. The molecule has 178 valence electrons. The molecule has 0 aliphatic carbocycles. The lowest BCUT2D eigenvalue weighted by molar-refractivity contribution is -0.138. The van der Waals surface area contributed by atoms with E-state index in [9.17, 15) is 18.3 Å². The number of pyridine rings is 1. The third kappa shape index (κ3) is 7.08. The average molecular weight is 480 g/mol. The van der Waals surface area contributed by atoms with Crippen molar-refractivity contribution in [2.45, 2.75) is 58.5 Å². The number of benzene rings is 1. The summed E-state index contributed by atoms with van der Waals surface area (Å²) < 4.78 is 46.4. The van der Waals surface area contributed by atoms with Crippen LogP contribution in [0, 0.1) is 6.92 Å². The number of nitrogens with zero attached hydrogens (tertiary/aromatic N) is 2. The van der Waals surface area contributed by atoms with Crippen LogP contribution in [0.25, 0.3) is 11.3 Å². The molecule has 2 aromatic heterocycles. The Kier molecular flexibility index (Phi) is 8.55. The first-order valence-electron chi connectivity index (χ1n) is 11.0. The van der Waals surface area contributed by atoms with Gasteiger partial charge in [0.15, 0.2) is 5.13 Å². The van der Waals surface area contributed by atoms with Gasteiger partial charge in [-0.3, -0.25) is 0 Å². The van der Waals surface area contributed by atoms with Crippen LogP contribution in [0.15, 0.2) is 35.8 Å². The van der Waals surface area contributed by atoms with Gasteiger partial charge in [-0.05, 0) is 37.1 Å². The van der Waals surface area contributed by atoms with Gasteiger partial charge in [0.05, 0.1) is 17.9 Å². The molecule has 0 aliphatic heterocycles. The number of ether oxygens (including phenoxy) is 1. The molecule has 1 aromatic carbocycles. The van der Waals surface area contributed by atoms with Gasteiger partial charge in [0.25, 0.3) is 0 Å². The number of aryl methyl sites for hydroxylation is 1. The molecule has 0 fully saturated rings. The highest BCUT2D eigenvalue weighted by atomic mass is 32.1. The molecule has 0 amide bonds. The SMILES string of the molecule is CCCCCCCCOc1ccc(Nc2nc(-c3cnc(O)cc3C)cs2)cc1C(F)(F)F. The maximum Gasteiger partial charge on any atom is 0.420 e. The lowest BCUT2D eigenvalue weighted by Crippen LogP contribution is -2.10. The molecule has 3 aromatic rings. The average Bonchev–Trinajstić information content (AvgIpc) is 3.21. The number of nitrogens with one attached hydrogen (secondary N) is 1. The molecule has 9 heteroatoms. The molecule has 33 heavy (non-hydrogen) atoms. The van der Waals surface area contributed by atoms with Gasteiger partial charge in [-0.15, -0.1) is 11.3 Å². The van der Waals surface area contributed by atoms with E-state index >= 15 is 0 Å². The lowest BCUT2D eigenvalue weighted by Gasteiger charge is -2.15. The van der Waals surface area contributed by atoms with Crippen LogP contribution < -0.4 is 10.1 Å². The van der Waals surface area contributed by atoms with Gasteiger partial charge >= 0.3 is 6.18 Å². The van der Waals surface area contributed by atoms with E-state index in [1.807, 2.05) is 6.92 Å². The molecule has 0 aliphatic rings. The van der Waals surface area contributed by atoms with E-state index in [1.165, 1.54) is 36.1 Å². The zero-order valence-corrected chi connectivity index (χ0v) is 19.5. The van der Waals surface area contributed by atoms with E-state index in [2.05, 4.69) is 22.2 Å². The van der Waals surface area contributed by atoms with Crippen molar-refractivity contribution in [3.8, 4) is 22.9 Å². The Morgan fingerprint density at radius 3 is 2.58 bits per heavy atom. The lowest BCUT2D eigenvalue weighted by atomic mass is 10.1. The second kappa shape index (κ2) is 11.4. The van der Waals surface area contributed by atoms with E-state index in [4.69, 9.17) is 4.74 Å². The van der Waals surface area contributed by atoms with E-state index in [1.54, 1.807) is 11.4 Å². The topological polar surface area (TPSA) is 67.3 Å². The Labute approximate surface area is 195 Å². The normalized spacial score (nSPS) is 11.5. The number of alkyl halides is 3. The largest absolute Gasteiger partial charge is 0.493 e. The fraction of sp³-hybridized carbons (Fsp3) is 0.417. The van der Waals surface area contributed by atoms with Crippen molar-refractivity contribution in [2.75, 3.05) is 11.9 Å². The summed E-state index contributed by atoms with van der Waals surface area (Å²) in [6.07, 6.45) is 3.21. The molecule has 3 rings (SSSR count). The molecule has 2 heterocycles. The predicted molar refractivity (Wildman–Crippen MR) is 125 cm³/mol. The van der Waals surface area contributed by atoms with Gasteiger partial charge in [0, 0.05) is 28.9 Å². The number of halogens is 3. The van der Waals surface area contributed by atoms with Crippen molar-refractivity contribution >= 4 is 22.2 Å². The molecule has 0 saturated heterocycles. The first-order valence-corrected chi connectivity index (χ1v) is 11.9. The number of hydrogen-bond acceptors (Lipinski definition) is 6. The predicted octanol–water partition coefficient (Wildman–Crippen LogP) is 7.72. The Morgan fingerprint density at radius 1 is 1.09 bits per heavy atom. The van der Waals surface area contributed by atoms with Gasteiger partial charge in [-0.2, -0.15) is 13.2 Å². The van der Waals surface area contributed by atoms with Crippen LogP contribution in [-0.4, -0.2) is 21.7 Å². The molecule has 0 atom stereocenters. The van der Waals surface area contributed by atoms with E-state index in [-0.39, 0.29) is 23.9 Å². The summed E-state index contributed by atoms with van der Waals surface area (Å²) in [4.78, 5) is 8.31. The van der Waals surface area contributed by atoms with Crippen molar-refractivity contribution in [3.05, 3.63) is 47.0 Å². The van der Waals surface area contributed by atoms with Gasteiger partial charge in [-0.25, -0.2) is 9.97 Å². The van der Waals surface area contributed by atoms with Crippen LogP contribution in [-0.2, 0) is 6.18 Å². The molecule has 0 bridgehead atoms. The highest BCUT2D eigenvalue weighted by Gasteiger charge is 2.34. The fourth-order valence-electron chi connectivity index (χ4n) is 3.41. The van der Waals surface area contributed by atoms with Crippen LogP contribution in [0.2, 0.25) is 0 Å². The summed E-state index contributed by atoms with van der Waals surface area (Å²) in [5.41, 5.74) is 1.63. The monoisotopic (exact) mass is 479 g/mol. The van der Waals surface area contributed by atoms with E-state index in [0.29, 0.717) is 10.8 Å². The van der Waals surface area contributed by atoms with Crippen molar-refractivity contribution in [2.24, 2.45) is 0 Å². The Balaban J connectivity index is 1.67. The maximum atomic E-state index is 13.6. The van der Waals surface area contributed by atoms with Gasteiger partial charge in [-0.1, -0.05) is 39.0 Å². The van der Waals surface area contributed by atoms with Gasteiger partial charge in [0.2, 0.25) is 5.88 Å². The quantitative estimate of drug-likeness (QED) is 0.276. The minimum Gasteiger partial charge on any atom is -0.493 e. The summed E-state index contributed by atoms with van der Waals surface area (Å²) >= 11 is 1.27. The molecule has 5 nitrogen and oxygen atoms in total. The highest BCUT2D eigenvalue weighted by molar-refractivity contribution is 7.14. The number of unbranched alkanes of at least 4 members (excludes halogenated alkanes) is 5. The zero-order valence-electron chi connectivity index (χ0n) is 18.7. The highest BCUT2D eigenvalue weighted by Crippen LogP contribution is 2.39. The van der Waals surface area contributed by atoms with E-state index in [0.717, 1.165) is 49.3 Å². The minimum absolute atomic E-state index is 0.0803. The van der Waals surface area contributed by atoms with E-state index < -0.39 is 11.7 Å². The smallest absolute Gasteiger partial charge is 0.420 e. The molecule has 0 radical (unpaired) electrons. The van der Waals surface area contributed by atoms with Crippen molar-refractivity contribution in [1.82, 2.24) is 9.97 Å². The molecule has 0 spiro atoms. The van der Waals surface area contributed by atoms with Crippen LogP contribution in [0.4, 0.5) is 24.0 Å². The van der Waals surface area contributed by atoms with Gasteiger partial charge in [0.1, 0.15) is 5.75 Å². The zero-order chi connectivity index (χ0) is 23.8. The number of hydrogen-bond donors (Lipinski definition) is 2. The summed E-state index contributed by atoms with van der Waals surface area (Å²) in [5.74, 6) is -0.240. The Hall–Kier alpha value is -2.81. The second-order valence-electron chi connectivity index (χ2n) is 7.85. The van der Waals surface area contributed by atoms with Gasteiger partial charge < -0.3 is 15.2 Å². The summed E-state index contributed by atoms with van der Waals surface area (Å²) in [5, 5.41) is 14.6. The number of aromatic nitrogens is 2. The second-order valence-corrected chi connectivity index (χ2v) is 8.70. The third-order valence-corrected chi connectivity index (χ3v) is 5.93. The minimum atomic E-state index is -4.53. The fourth-order valence-corrected chi connectivity index (χ4v) is 4.14. The molecular formula is C24H28F3N3O2S. The summed E-state index contributed by atoms with van der Waals surface area (Å²) in [7, 11) is 0. The van der Waals surface area contributed by atoms with Crippen LogP contribution in [0.5, 0.6) is 11.6 Å². The first kappa shape index (κ1) is 24.8. The molecule has 0 saturated carbocycles. The van der Waals surface area contributed by atoms with Crippen molar-refractivity contribution < 1.29 is 23.0 Å². The van der Waals surface area contributed by atoms with Crippen LogP contribution >= 0.6 is 11.3 Å². The number of anilines is 2. The molecular weight excluding hydrogens is 451 g/mol. The number of aromatic hydroxyl groups is 1. The van der Waals surface area contributed by atoms with Crippen LogP contribution in [0.1, 0.15) is 56.6 Å². The van der Waals surface area contributed by atoms with Crippen molar-refractivity contribution in [3.63, 3.8) is 0 Å². The maximum absolute atomic E-state index is 13.6. The standard InChI is InChI=1S/C24H28F3N3O2S/c1-3-4-5-6-7-8-11-32-21-10-9-17(13-19(21)24(25,26)27)29-23-30-20(15-33-23)18-14-28-22(31)12-16(18)2/h9-10,12-15H,3-8,11H2,1-2H3,(H,28,31)(H,29,30). The Bertz CT molecular complexity index is 1050. The summed E-state index contributed by atoms with van der Waals surface area (Å²) in [6, 6.07) is 5.48. The first-order chi connectivity index (χ1) is 15.8. The van der Waals surface area contributed by atoms with Crippen molar-refractivity contribution in [1.29, 1.82) is 0 Å². The third-order valence-electron chi connectivity index (χ3n) is 5.17.